The monoisotopic (exact) mass is 139 g/mol. The maximum Gasteiger partial charge on any atom is 0.130 e. The van der Waals surface area contributed by atoms with Crippen LogP contribution in [0.5, 0.6) is 0 Å². The van der Waals surface area contributed by atoms with Gasteiger partial charge in [0.2, 0.25) is 0 Å². The first-order valence-corrected chi connectivity index (χ1v) is 2.59. The highest BCUT2D eigenvalue weighted by molar-refractivity contribution is 7.85. The van der Waals surface area contributed by atoms with Crippen molar-refractivity contribution < 1.29 is 0 Å². The lowest BCUT2D eigenvalue weighted by Crippen LogP contribution is -1.66. The predicted octanol–water partition coefficient (Wildman–Crippen LogP) is 0.874. The lowest BCUT2D eigenvalue weighted by Gasteiger charge is -1.70. The van der Waals surface area contributed by atoms with Crippen LogP contribution in [0.25, 0.3) is 0 Å². The highest BCUT2D eigenvalue weighted by Gasteiger charge is 1.59. The van der Waals surface area contributed by atoms with Crippen LogP contribution < -0.4 is 0 Å². The molecule has 1 aromatic rings. The van der Waals surface area contributed by atoms with Gasteiger partial charge in [-0.2, -0.15) is 5.26 Å². The number of nitrogens with zero attached hydrogens (tertiary/aromatic N) is 3. The molecule has 1 rings (SSSR count). The SMILES string of the molecule is N#CS.c1cncnc1. The number of hydrogen-bond acceptors (Lipinski definition) is 4. The van der Waals surface area contributed by atoms with Gasteiger partial charge in [-0.1, -0.05) is 12.6 Å². The van der Waals surface area contributed by atoms with Crippen LogP contribution in [0.4, 0.5) is 0 Å². The van der Waals surface area contributed by atoms with Crippen molar-refractivity contribution in [2.45, 2.75) is 0 Å². The molecule has 1 heterocycles. The molecule has 4 heteroatoms. The Balaban J connectivity index is 0.000000187. The van der Waals surface area contributed by atoms with Crippen molar-refractivity contribution in [1.29, 1.82) is 5.26 Å². The third-order valence-corrected chi connectivity index (χ3v) is 0.478. The molecule has 0 radical (unpaired) electrons. The van der Waals surface area contributed by atoms with Crippen LogP contribution in [0.3, 0.4) is 0 Å². The van der Waals surface area contributed by atoms with Crippen molar-refractivity contribution in [2.75, 3.05) is 0 Å². The summed E-state index contributed by atoms with van der Waals surface area (Å²) in [7, 11) is 0. The zero-order chi connectivity index (χ0) is 6.95. The van der Waals surface area contributed by atoms with Crippen molar-refractivity contribution in [3.8, 4) is 5.40 Å². The molecule has 3 nitrogen and oxygen atoms in total. The quantitative estimate of drug-likeness (QED) is 0.428. The fourth-order valence-corrected chi connectivity index (χ4v) is 0.253. The van der Waals surface area contributed by atoms with E-state index in [0.29, 0.717) is 0 Å². The number of nitriles is 1. The number of rotatable bonds is 0. The number of aromatic nitrogens is 2. The molecule has 46 valence electrons. The maximum absolute atomic E-state index is 7.18. The minimum Gasteiger partial charge on any atom is -0.245 e. The molecule has 0 aliphatic carbocycles. The molecule has 1 aromatic heterocycles. The molecule has 0 fully saturated rings. The van der Waals surface area contributed by atoms with Gasteiger partial charge in [0, 0.05) is 12.4 Å². The lowest BCUT2D eigenvalue weighted by molar-refractivity contribution is 1.17. The van der Waals surface area contributed by atoms with E-state index in [-0.39, 0.29) is 0 Å². The van der Waals surface area contributed by atoms with Crippen molar-refractivity contribution >= 4 is 12.6 Å². The van der Waals surface area contributed by atoms with Crippen LogP contribution in [-0.2, 0) is 0 Å². The minimum absolute atomic E-state index is 1.44. The summed E-state index contributed by atoms with van der Waals surface area (Å²) in [6, 6.07) is 1.78. The van der Waals surface area contributed by atoms with Gasteiger partial charge in [0.05, 0.1) is 0 Å². The molecule has 0 atom stereocenters. The average molecular weight is 139 g/mol. The van der Waals surface area contributed by atoms with Crippen molar-refractivity contribution in [3.05, 3.63) is 24.8 Å². The van der Waals surface area contributed by atoms with Gasteiger partial charge in [-0.3, -0.25) is 0 Å². The summed E-state index contributed by atoms with van der Waals surface area (Å²) in [6.07, 6.45) is 4.88. The van der Waals surface area contributed by atoms with Crippen LogP contribution in [0.15, 0.2) is 24.8 Å². The smallest absolute Gasteiger partial charge is 0.130 e. The van der Waals surface area contributed by atoms with E-state index in [9.17, 15) is 0 Å². The number of thiocyanates is 1. The van der Waals surface area contributed by atoms with E-state index in [1.54, 1.807) is 18.5 Å². The third kappa shape index (κ3) is 6.92. The zero-order valence-corrected chi connectivity index (χ0v) is 5.49. The van der Waals surface area contributed by atoms with Gasteiger partial charge in [-0.05, 0) is 6.07 Å². The van der Waals surface area contributed by atoms with Gasteiger partial charge in [0.1, 0.15) is 11.7 Å². The van der Waals surface area contributed by atoms with Gasteiger partial charge in [0.25, 0.3) is 0 Å². The molecule has 0 saturated carbocycles. The summed E-state index contributed by atoms with van der Waals surface area (Å²) in [4.78, 5) is 7.35. The molecule has 0 bridgehead atoms. The Kier molecular flexibility index (Phi) is 6.09. The molecule has 0 unspecified atom stereocenters. The number of hydrogen-bond donors (Lipinski definition) is 1. The first kappa shape index (κ1) is 7.92. The second-order valence-electron chi connectivity index (χ2n) is 1.00. The molecule has 0 aromatic carbocycles. The molecular weight excluding hydrogens is 134 g/mol. The van der Waals surface area contributed by atoms with Gasteiger partial charge in [-0.15, -0.1) is 0 Å². The minimum atomic E-state index is 1.44. The summed E-state index contributed by atoms with van der Waals surface area (Å²) >= 11 is 3.09. The maximum atomic E-state index is 7.18. The van der Waals surface area contributed by atoms with Gasteiger partial charge >= 0.3 is 0 Å². The van der Waals surface area contributed by atoms with Crippen LogP contribution in [0.1, 0.15) is 0 Å². The molecule has 0 aliphatic rings. The highest BCUT2D eigenvalue weighted by Crippen LogP contribution is 1.66. The second kappa shape index (κ2) is 6.92. The predicted molar refractivity (Wildman–Crippen MR) is 36.6 cm³/mol. The topological polar surface area (TPSA) is 49.6 Å². The van der Waals surface area contributed by atoms with E-state index in [2.05, 4.69) is 22.6 Å². The average Bonchev–Trinajstić information content (AvgIpc) is 1.93. The summed E-state index contributed by atoms with van der Waals surface area (Å²) < 4.78 is 0. The van der Waals surface area contributed by atoms with Crippen molar-refractivity contribution in [2.24, 2.45) is 0 Å². The van der Waals surface area contributed by atoms with Gasteiger partial charge < -0.3 is 0 Å². The largest absolute Gasteiger partial charge is 0.245 e. The Labute approximate surface area is 58.8 Å². The fourth-order valence-electron chi connectivity index (χ4n) is 0.253. The Hall–Kier alpha value is -1.08. The Bertz CT molecular complexity index is 143. The molecule has 0 spiro atoms. The first-order chi connectivity index (χ1) is 4.41. The van der Waals surface area contributed by atoms with Crippen molar-refractivity contribution in [1.82, 2.24) is 9.97 Å². The van der Waals surface area contributed by atoms with Crippen LogP contribution in [-0.4, -0.2) is 9.97 Å². The van der Waals surface area contributed by atoms with Crippen LogP contribution >= 0.6 is 12.6 Å². The van der Waals surface area contributed by atoms with Crippen LogP contribution in [0, 0.1) is 10.7 Å². The van der Waals surface area contributed by atoms with E-state index in [1.165, 1.54) is 11.7 Å². The molecule has 9 heavy (non-hydrogen) atoms. The zero-order valence-electron chi connectivity index (χ0n) is 4.60. The summed E-state index contributed by atoms with van der Waals surface area (Å²) in [5.74, 6) is 0. The lowest BCUT2D eigenvalue weighted by atomic mass is 10.7. The summed E-state index contributed by atoms with van der Waals surface area (Å²) in [5.41, 5.74) is 0. The first-order valence-electron chi connectivity index (χ1n) is 2.15. The molecule has 0 N–H and O–H groups in total. The third-order valence-electron chi connectivity index (χ3n) is 0.478. The fraction of sp³-hybridized carbons (Fsp3) is 0. The van der Waals surface area contributed by atoms with E-state index >= 15 is 0 Å². The standard InChI is InChI=1S/C4H4N2.CHNS/c1-2-5-4-6-3-1;2-1-3/h1-4H;3H. The van der Waals surface area contributed by atoms with Gasteiger partial charge in [0.15, 0.2) is 0 Å². The van der Waals surface area contributed by atoms with Crippen molar-refractivity contribution in [3.63, 3.8) is 0 Å². The van der Waals surface area contributed by atoms with E-state index < -0.39 is 0 Å². The Morgan fingerprint density at radius 3 is 1.89 bits per heavy atom. The summed E-state index contributed by atoms with van der Waals surface area (Å²) in [6.45, 7) is 0. The highest BCUT2D eigenvalue weighted by atomic mass is 32.1. The number of thiol groups is 1. The second-order valence-corrected chi connectivity index (χ2v) is 1.20. The van der Waals surface area contributed by atoms with Crippen LogP contribution in [0.2, 0.25) is 0 Å². The van der Waals surface area contributed by atoms with E-state index in [4.69, 9.17) is 5.26 Å². The molecule has 0 amide bonds. The van der Waals surface area contributed by atoms with Gasteiger partial charge in [-0.25, -0.2) is 9.97 Å². The Morgan fingerprint density at radius 2 is 1.78 bits per heavy atom. The van der Waals surface area contributed by atoms with E-state index in [1.807, 2.05) is 0 Å². The molecule has 0 saturated heterocycles. The Morgan fingerprint density at radius 1 is 1.33 bits per heavy atom. The van der Waals surface area contributed by atoms with E-state index in [0.717, 1.165) is 0 Å². The molecule has 0 aliphatic heterocycles. The normalized spacial score (nSPS) is 6.22. The molecular formula is C5H5N3S. The summed E-state index contributed by atoms with van der Waals surface area (Å²) in [5, 5.41) is 8.63.